The van der Waals surface area contributed by atoms with Gasteiger partial charge in [-0.3, -0.25) is 4.79 Å². The number of anilines is 1. The Morgan fingerprint density at radius 2 is 2.05 bits per heavy atom. The van der Waals surface area contributed by atoms with Crippen molar-refractivity contribution in [3.8, 4) is 0 Å². The van der Waals surface area contributed by atoms with Gasteiger partial charge in [-0.2, -0.15) is 0 Å². The summed E-state index contributed by atoms with van der Waals surface area (Å²) < 4.78 is 0. The van der Waals surface area contributed by atoms with Crippen LogP contribution in [0.25, 0.3) is 0 Å². The molecule has 1 saturated carbocycles. The molecule has 2 fully saturated rings. The number of piperidine rings is 1. The molecule has 0 spiro atoms. The molecule has 1 aromatic rings. The van der Waals surface area contributed by atoms with E-state index in [1.807, 2.05) is 17.0 Å². The lowest BCUT2D eigenvalue weighted by Crippen LogP contribution is -2.37. The van der Waals surface area contributed by atoms with Crippen LogP contribution in [0.4, 0.5) is 5.82 Å². The summed E-state index contributed by atoms with van der Waals surface area (Å²) in [6, 6.07) is 3.82. The van der Waals surface area contributed by atoms with Gasteiger partial charge in [-0.25, -0.2) is 4.98 Å². The highest BCUT2D eigenvalue weighted by atomic mass is 16.2. The third-order valence-electron chi connectivity index (χ3n) is 4.64. The quantitative estimate of drug-likeness (QED) is 0.904. The highest BCUT2D eigenvalue weighted by Crippen LogP contribution is 2.32. The van der Waals surface area contributed by atoms with Crippen LogP contribution in [0, 0.1) is 11.8 Å². The molecular weight excluding hydrogens is 262 g/mol. The van der Waals surface area contributed by atoms with Gasteiger partial charge in [0.15, 0.2) is 0 Å². The minimum atomic E-state index is 0.124. The third-order valence-corrected chi connectivity index (χ3v) is 4.64. The zero-order valence-corrected chi connectivity index (χ0v) is 12.8. The molecule has 114 valence electrons. The van der Waals surface area contributed by atoms with Crippen molar-refractivity contribution in [3.63, 3.8) is 0 Å². The fourth-order valence-corrected chi connectivity index (χ4v) is 2.83. The van der Waals surface area contributed by atoms with E-state index in [2.05, 4.69) is 17.2 Å². The van der Waals surface area contributed by atoms with Crippen LogP contribution in [0.1, 0.15) is 49.4 Å². The zero-order chi connectivity index (χ0) is 14.7. The molecule has 0 radical (unpaired) electrons. The molecule has 21 heavy (non-hydrogen) atoms. The van der Waals surface area contributed by atoms with Gasteiger partial charge >= 0.3 is 0 Å². The van der Waals surface area contributed by atoms with E-state index < -0.39 is 0 Å². The number of nitrogens with zero attached hydrogens (tertiary/aromatic N) is 2. The lowest BCUT2D eigenvalue weighted by atomic mass is 9.99. The van der Waals surface area contributed by atoms with E-state index in [1.54, 1.807) is 6.20 Å². The molecule has 0 bridgehead atoms. The van der Waals surface area contributed by atoms with Gasteiger partial charge in [0.25, 0.3) is 5.91 Å². The number of carbonyl (C=O) groups is 1. The molecule has 1 amide bonds. The maximum absolute atomic E-state index is 12.4. The lowest BCUT2D eigenvalue weighted by Gasteiger charge is -2.30. The Kier molecular flexibility index (Phi) is 4.42. The normalized spacial score (nSPS) is 19.6. The number of hydrogen-bond acceptors (Lipinski definition) is 3. The summed E-state index contributed by atoms with van der Waals surface area (Å²) in [5, 5.41) is 3.33. The summed E-state index contributed by atoms with van der Waals surface area (Å²) >= 11 is 0. The van der Waals surface area contributed by atoms with Crippen molar-refractivity contribution in [2.24, 2.45) is 11.8 Å². The van der Waals surface area contributed by atoms with Crippen molar-refractivity contribution in [1.82, 2.24) is 9.88 Å². The molecule has 3 rings (SSSR count). The number of likely N-dealkylation sites (tertiary alicyclic amines) is 1. The molecule has 4 heteroatoms. The molecule has 1 aliphatic carbocycles. The average Bonchev–Trinajstić information content (AvgIpc) is 3.32. The molecule has 1 N–H and O–H groups in total. The predicted octanol–water partition coefficient (Wildman–Crippen LogP) is 3.17. The second-order valence-corrected chi connectivity index (χ2v) is 6.57. The minimum Gasteiger partial charge on any atom is -0.370 e. The third kappa shape index (κ3) is 3.96. The molecule has 1 saturated heterocycles. The van der Waals surface area contributed by atoms with E-state index in [1.165, 1.54) is 19.3 Å². The molecule has 1 aliphatic heterocycles. The first-order valence-corrected chi connectivity index (χ1v) is 8.21. The van der Waals surface area contributed by atoms with E-state index in [0.29, 0.717) is 5.56 Å². The SMILES string of the molecule is CC1CCN(C(=O)c2ccc(NCCC3CC3)nc2)CC1. The number of amides is 1. The number of hydrogen-bond donors (Lipinski definition) is 1. The number of nitrogens with one attached hydrogen (secondary N) is 1. The van der Waals surface area contributed by atoms with Crippen LogP contribution in [0.2, 0.25) is 0 Å². The van der Waals surface area contributed by atoms with Crippen molar-refractivity contribution in [2.45, 2.75) is 39.0 Å². The van der Waals surface area contributed by atoms with Gasteiger partial charge in [0.05, 0.1) is 5.56 Å². The zero-order valence-electron chi connectivity index (χ0n) is 12.8. The van der Waals surface area contributed by atoms with Gasteiger partial charge in [-0.1, -0.05) is 19.8 Å². The van der Waals surface area contributed by atoms with E-state index in [0.717, 1.165) is 50.1 Å². The summed E-state index contributed by atoms with van der Waals surface area (Å²) in [6.07, 6.45) is 7.93. The Labute approximate surface area is 126 Å². The molecular formula is C17H25N3O. The van der Waals surface area contributed by atoms with Crippen LogP contribution in [0.3, 0.4) is 0 Å². The van der Waals surface area contributed by atoms with Gasteiger partial charge in [0, 0.05) is 25.8 Å². The van der Waals surface area contributed by atoms with Gasteiger partial charge in [0.1, 0.15) is 5.82 Å². The number of rotatable bonds is 5. The van der Waals surface area contributed by atoms with Crippen LogP contribution in [-0.4, -0.2) is 35.4 Å². The Morgan fingerprint density at radius 1 is 1.29 bits per heavy atom. The summed E-state index contributed by atoms with van der Waals surface area (Å²) in [4.78, 5) is 18.7. The van der Waals surface area contributed by atoms with E-state index in [9.17, 15) is 4.79 Å². The predicted molar refractivity (Wildman–Crippen MR) is 84.4 cm³/mol. The van der Waals surface area contributed by atoms with Gasteiger partial charge in [0.2, 0.25) is 0 Å². The maximum atomic E-state index is 12.4. The first kappa shape index (κ1) is 14.4. The van der Waals surface area contributed by atoms with Crippen LogP contribution < -0.4 is 5.32 Å². The molecule has 0 aromatic carbocycles. The number of pyridine rings is 1. The largest absolute Gasteiger partial charge is 0.370 e. The van der Waals surface area contributed by atoms with Crippen LogP contribution in [-0.2, 0) is 0 Å². The topological polar surface area (TPSA) is 45.2 Å². The average molecular weight is 287 g/mol. The van der Waals surface area contributed by atoms with Gasteiger partial charge in [-0.05, 0) is 43.2 Å². The number of carbonyl (C=O) groups excluding carboxylic acids is 1. The molecule has 4 nitrogen and oxygen atoms in total. The van der Waals surface area contributed by atoms with Gasteiger partial charge in [-0.15, -0.1) is 0 Å². The van der Waals surface area contributed by atoms with Gasteiger partial charge < -0.3 is 10.2 Å². The molecule has 0 unspecified atom stereocenters. The lowest BCUT2D eigenvalue weighted by molar-refractivity contribution is 0.0697. The molecule has 2 heterocycles. The van der Waals surface area contributed by atoms with Crippen LogP contribution >= 0.6 is 0 Å². The van der Waals surface area contributed by atoms with Crippen LogP contribution in [0.5, 0.6) is 0 Å². The highest BCUT2D eigenvalue weighted by molar-refractivity contribution is 5.94. The molecule has 2 aliphatic rings. The Hall–Kier alpha value is -1.58. The van der Waals surface area contributed by atoms with E-state index >= 15 is 0 Å². The van der Waals surface area contributed by atoms with Crippen molar-refractivity contribution < 1.29 is 4.79 Å². The van der Waals surface area contributed by atoms with E-state index in [-0.39, 0.29) is 5.91 Å². The molecule has 1 aromatic heterocycles. The summed E-state index contributed by atoms with van der Waals surface area (Å²) in [5.41, 5.74) is 0.706. The van der Waals surface area contributed by atoms with Crippen molar-refractivity contribution in [1.29, 1.82) is 0 Å². The maximum Gasteiger partial charge on any atom is 0.255 e. The number of aromatic nitrogens is 1. The second-order valence-electron chi connectivity index (χ2n) is 6.57. The minimum absolute atomic E-state index is 0.124. The van der Waals surface area contributed by atoms with Crippen LogP contribution in [0.15, 0.2) is 18.3 Å². The fourth-order valence-electron chi connectivity index (χ4n) is 2.83. The van der Waals surface area contributed by atoms with Crippen molar-refractivity contribution in [3.05, 3.63) is 23.9 Å². The summed E-state index contributed by atoms with van der Waals surface area (Å²) in [7, 11) is 0. The second kappa shape index (κ2) is 6.46. The summed E-state index contributed by atoms with van der Waals surface area (Å²) in [6.45, 7) is 4.99. The van der Waals surface area contributed by atoms with Crippen molar-refractivity contribution in [2.75, 3.05) is 25.0 Å². The standard InChI is InChI=1S/C17H25N3O/c1-13-7-10-20(11-8-13)17(21)15-4-5-16(19-12-15)18-9-6-14-2-3-14/h4-5,12-14H,2-3,6-11H2,1H3,(H,18,19). The fraction of sp³-hybridized carbons (Fsp3) is 0.647. The molecule has 0 atom stereocenters. The monoisotopic (exact) mass is 287 g/mol. The first-order chi connectivity index (χ1) is 10.2. The highest BCUT2D eigenvalue weighted by Gasteiger charge is 2.22. The Balaban J connectivity index is 1.51. The Bertz CT molecular complexity index is 473. The smallest absolute Gasteiger partial charge is 0.255 e. The first-order valence-electron chi connectivity index (χ1n) is 8.21. The Morgan fingerprint density at radius 3 is 2.67 bits per heavy atom. The van der Waals surface area contributed by atoms with Crippen molar-refractivity contribution >= 4 is 11.7 Å². The van der Waals surface area contributed by atoms with E-state index in [4.69, 9.17) is 0 Å². The summed E-state index contributed by atoms with van der Waals surface area (Å²) in [5.74, 6) is 2.67.